The molecule has 3 N–H and O–H groups in total. The van der Waals surface area contributed by atoms with Gasteiger partial charge in [-0.3, -0.25) is 35.9 Å². The van der Waals surface area contributed by atoms with E-state index in [0.29, 0.717) is 16.8 Å². The Balaban J connectivity index is 1.97. The standard InChI is InChI=1S/C18H17BrN4O6S/c1-28-7-8-29-15-6-5-12(19)10-14(15)17(25)20-18(30)22-21-16(24)11-3-2-4-13(9-11)23(26)27/h2-6,9-10H,7-8H2,1H3,(H,21,24)(H2,20,22,25,30). The summed E-state index contributed by atoms with van der Waals surface area (Å²) in [5.74, 6) is -0.900. The van der Waals surface area contributed by atoms with Crippen LogP contribution in [0.2, 0.25) is 0 Å². The maximum Gasteiger partial charge on any atom is 0.270 e. The minimum absolute atomic E-state index is 0.0478. The third-order valence-electron chi connectivity index (χ3n) is 3.57. The van der Waals surface area contributed by atoms with Crippen molar-refractivity contribution in [1.82, 2.24) is 16.2 Å². The molecular weight excluding hydrogens is 480 g/mol. The van der Waals surface area contributed by atoms with E-state index in [9.17, 15) is 19.7 Å². The molecule has 0 unspecified atom stereocenters. The summed E-state index contributed by atoms with van der Waals surface area (Å²) in [5.41, 5.74) is 4.68. The topological polar surface area (TPSA) is 132 Å². The number of ether oxygens (including phenoxy) is 2. The monoisotopic (exact) mass is 496 g/mol. The van der Waals surface area contributed by atoms with Crippen LogP contribution in [0.15, 0.2) is 46.9 Å². The SMILES string of the molecule is COCCOc1ccc(Br)cc1C(=O)NC(=S)NNC(=O)c1cccc([N+](=O)[O-])c1. The highest BCUT2D eigenvalue weighted by molar-refractivity contribution is 9.10. The van der Waals surface area contributed by atoms with Gasteiger partial charge in [0, 0.05) is 29.3 Å². The van der Waals surface area contributed by atoms with Gasteiger partial charge in [0.2, 0.25) is 0 Å². The van der Waals surface area contributed by atoms with Crippen molar-refractivity contribution >= 4 is 50.8 Å². The molecular formula is C18H17BrN4O6S. The molecule has 0 aliphatic rings. The summed E-state index contributed by atoms with van der Waals surface area (Å²) in [6.45, 7) is 0.598. The molecule has 2 amide bonds. The van der Waals surface area contributed by atoms with Gasteiger partial charge < -0.3 is 9.47 Å². The average Bonchev–Trinajstić information content (AvgIpc) is 2.73. The molecule has 0 fully saturated rings. The highest BCUT2D eigenvalue weighted by atomic mass is 79.9. The van der Waals surface area contributed by atoms with Crippen molar-refractivity contribution in [1.29, 1.82) is 0 Å². The fourth-order valence-electron chi connectivity index (χ4n) is 2.19. The van der Waals surface area contributed by atoms with E-state index in [1.165, 1.54) is 25.3 Å². The first-order valence-corrected chi connectivity index (χ1v) is 9.59. The summed E-state index contributed by atoms with van der Waals surface area (Å²) < 4.78 is 11.1. The largest absolute Gasteiger partial charge is 0.490 e. The molecule has 0 atom stereocenters. The van der Waals surface area contributed by atoms with E-state index >= 15 is 0 Å². The van der Waals surface area contributed by atoms with Crippen molar-refractivity contribution in [3.63, 3.8) is 0 Å². The number of benzene rings is 2. The van der Waals surface area contributed by atoms with Crippen molar-refractivity contribution in [3.8, 4) is 5.75 Å². The zero-order valence-corrected chi connectivity index (χ0v) is 18.0. The number of nitro benzene ring substituents is 1. The third kappa shape index (κ3) is 6.76. The number of non-ortho nitro benzene ring substituents is 1. The van der Waals surface area contributed by atoms with Gasteiger partial charge in [0.1, 0.15) is 12.4 Å². The molecule has 12 heteroatoms. The predicted octanol–water partition coefficient (Wildman–Crippen LogP) is 2.33. The smallest absolute Gasteiger partial charge is 0.270 e. The summed E-state index contributed by atoms with van der Waals surface area (Å²) in [4.78, 5) is 34.8. The first-order chi connectivity index (χ1) is 14.3. The number of amides is 2. The summed E-state index contributed by atoms with van der Waals surface area (Å²) >= 11 is 8.30. The van der Waals surface area contributed by atoms with Crippen LogP contribution in [0.1, 0.15) is 20.7 Å². The molecule has 158 valence electrons. The lowest BCUT2D eigenvalue weighted by Crippen LogP contribution is -2.48. The van der Waals surface area contributed by atoms with Crippen LogP contribution in [-0.4, -0.2) is 42.2 Å². The van der Waals surface area contributed by atoms with Crippen molar-refractivity contribution in [3.05, 3.63) is 68.2 Å². The molecule has 0 saturated carbocycles. The second-order valence-electron chi connectivity index (χ2n) is 5.65. The number of hydrazine groups is 1. The van der Waals surface area contributed by atoms with E-state index in [0.717, 1.165) is 6.07 Å². The van der Waals surface area contributed by atoms with Crippen LogP contribution in [-0.2, 0) is 4.74 Å². The van der Waals surface area contributed by atoms with E-state index < -0.39 is 16.7 Å². The fraction of sp³-hybridized carbons (Fsp3) is 0.167. The number of carbonyl (C=O) groups is 2. The van der Waals surface area contributed by atoms with Gasteiger partial charge >= 0.3 is 0 Å². The lowest BCUT2D eigenvalue weighted by molar-refractivity contribution is -0.384. The molecule has 2 rings (SSSR count). The van der Waals surface area contributed by atoms with E-state index in [1.807, 2.05) is 0 Å². The predicted molar refractivity (Wildman–Crippen MR) is 115 cm³/mol. The number of halogens is 1. The number of nitrogens with zero attached hydrogens (tertiary/aromatic N) is 1. The number of nitrogens with one attached hydrogen (secondary N) is 3. The van der Waals surface area contributed by atoms with Gasteiger partial charge in [-0.25, -0.2) is 0 Å². The molecule has 30 heavy (non-hydrogen) atoms. The number of hydrogen-bond donors (Lipinski definition) is 3. The lowest BCUT2D eigenvalue weighted by Gasteiger charge is -2.14. The van der Waals surface area contributed by atoms with Gasteiger partial charge in [-0.1, -0.05) is 22.0 Å². The number of rotatable bonds is 7. The first-order valence-electron chi connectivity index (χ1n) is 8.39. The van der Waals surface area contributed by atoms with Crippen LogP contribution in [0.3, 0.4) is 0 Å². The maximum atomic E-state index is 12.5. The van der Waals surface area contributed by atoms with Gasteiger partial charge in [-0.2, -0.15) is 0 Å². The minimum Gasteiger partial charge on any atom is -0.490 e. The third-order valence-corrected chi connectivity index (χ3v) is 4.26. The summed E-state index contributed by atoms with van der Waals surface area (Å²) in [5, 5.41) is 13.0. The van der Waals surface area contributed by atoms with E-state index in [4.69, 9.17) is 21.7 Å². The number of thiocarbonyl (C=S) groups is 1. The van der Waals surface area contributed by atoms with Crippen LogP contribution in [0.5, 0.6) is 5.75 Å². The Labute approximate surface area is 185 Å². The number of carbonyl (C=O) groups excluding carboxylic acids is 2. The highest BCUT2D eigenvalue weighted by Gasteiger charge is 2.16. The van der Waals surface area contributed by atoms with Gasteiger partial charge in [-0.05, 0) is 36.5 Å². The summed E-state index contributed by atoms with van der Waals surface area (Å²) in [6, 6.07) is 10.1. The molecule has 10 nitrogen and oxygen atoms in total. The minimum atomic E-state index is -0.665. The molecule has 0 spiro atoms. The Bertz CT molecular complexity index is 971. The van der Waals surface area contributed by atoms with Crippen molar-refractivity contribution in [2.24, 2.45) is 0 Å². The van der Waals surface area contributed by atoms with Crippen LogP contribution < -0.4 is 20.9 Å². The van der Waals surface area contributed by atoms with E-state index in [1.54, 1.807) is 18.2 Å². The maximum absolute atomic E-state index is 12.5. The van der Waals surface area contributed by atoms with Crippen LogP contribution >= 0.6 is 28.1 Å². The van der Waals surface area contributed by atoms with Gasteiger partial charge in [0.05, 0.1) is 17.1 Å². The van der Waals surface area contributed by atoms with Crippen LogP contribution in [0.25, 0.3) is 0 Å². The fourth-order valence-corrected chi connectivity index (χ4v) is 2.69. The van der Waals surface area contributed by atoms with Gasteiger partial charge in [0.25, 0.3) is 17.5 Å². The normalized spacial score (nSPS) is 10.1. The molecule has 0 aromatic heterocycles. The van der Waals surface area contributed by atoms with Crippen LogP contribution in [0, 0.1) is 10.1 Å². The molecule has 0 bridgehead atoms. The molecule has 2 aromatic rings. The molecule has 0 aliphatic heterocycles. The van der Waals surface area contributed by atoms with Gasteiger partial charge in [0.15, 0.2) is 5.11 Å². The second-order valence-corrected chi connectivity index (χ2v) is 6.98. The zero-order chi connectivity index (χ0) is 22.1. The number of methoxy groups -OCH3 is 1. The first kappa shape index (κ1) is 23.2. The Morgan fingerprint density at radius 2 is 1.90 bits per heavy atom. The molecule has 0 aliphatic carbocycles. The quantitative estimate of drug-likeness (QED) is 0.230. The lowest BCUT2D eigenvalue weighted by atomic mass is 10.2. The van der Waals surface area contributed by atoms with E-state index in [2.05, 4.69) is 32.1 Å². The summed E-state index contributed by atoms with van der Waals surface area (Å²) in [6.07, 6.45) is 0. The second kappa shape index (κ2) is 11.2. The summed E-state index contributed by atoms with van der Waals surface area (Å²) in [7, 11) is 1.53. The number of hydrogen-bond acceptors (Lipinski definition) is 7. The van der Waals surface area contributed by atoms with Crippen LogP contribution in [0.4, 0.5) is 5.69 Å². The highest BCUT2D eigenvalue weighted by Crippen LogP contribution is 2.23. The Morgan fingerprint density at radius 3 is 2.60 bits per heavy atom. The van der Waals surface area contributed by atoms with E-state index in [-0.39, 0.29) is 28.5 Å². The Morgan fingerprint density at radius 1 is 1.13 bits per heavy atom. The Kier molecular flexibility index (Phi) is 8.65. The molecule has 2 aromatic carbocycles. The zero-order valence-electron chi connectivity index (χ0n) is 15.6. The Hall–Kier alpha value is -3.09. The number of nitro groups is 1. The van der Waals surface area contributed by atoms with Crippen molar-refractivity contribution in [2.75, 3.05) is 20.3 Å². The van der Waals surface area contributed by atoms with Crippen molar-refractivity contribution in [2.45, 2.75) is 0 Å². The molecule has 0 heterocycles. The molecule has 0 saturated heterocycles. The molecule has 0 radical (unpaired) electrons. The van der Waals surface area contributed by atoms with Gasteiger partial charge in [-0.15, -0.1) is 0 Å². The average molecular weight is 497 g/mol. The van der Waals surface area contributed by atoms with Crippen molar-refractivity contribution < 1.29 is 24.0 Å².